The molecule has 0 atom stereocenters. The van der Waals surface area contributed by atoms with E-state index < -0.39 is 40.9 Å². The number of nitrogens with one attached hydrogen (secondary N) is 2. The first-order valence-electron chi connectivity index (χ1n) is 10.5. The van der Waals surface area contributed by atoms with Gasteiger partial charge >= 0.3 is 5.69 Å². The summed E-state index contributed by atoms with van der Waals surface area (Å²) in [6, 6.07) is 13.7. The maximum Gasteiger partial charge on any atom is 0.332 e. The molecule has 1 aliphatic rings. The molecule has 1 fully saturated rings. The first kappa shape index (κ1) is 25.0. The summed E-state index contributed by atoms with van der Waals surface area (Å²) in [7, 11) is 2.60. The van der Waals surface area contributed by atoms with Gasteiger partial charge in [-0.15, -0.1) is 0 Å². The van der Waals surface area contributed by atoms with Crippen molar-refractivity contribution in [2.75, 3.05) is 18.5 Å². The molecule has 4 rings (SSSR count). The standard InChI is InChI=1S/C23H22FIN4O6/c1-28-19(26-17-9-8-14(25)10-16(17)24)18(21(31)29(2)23(28)32)20(30)27-35-15-11-33-22(34-12-15)13-6-4-3-5-7-13/h3-10,15,22,26H,11-12H2,1-2H3,(H,27,30). The van der Waals surface area contributed by atoms with Crippen molar-refractivity contribution in [3.05, 3.63) is 89.9 Å². The number of aromatic nitrogens is 2. The highest BCUT2D eigenvalue weighted by Crippen LogP contribution is 2.24. The van der Waals surface area contributed by atoms with Gasteiger partial charge in [-0.2, -0.15) is 0 Å². The van der Waals surface area contributed by atoms with Gasteiger partial charge in [-0.25, -0.2) is 14.7 Å². The zero-order chi connectivity index (χ0) is 25.1. The Hall–Kier alpha value is -3.07. The van der Waals surface area contributed by atoms with E-state index >= 15 is 0 Å². The van der Waals surface area contributed by atoms with Crippen LogP contribution in [0.4, 0.5) is 15.9 Å². The van der Waals surface area contributed by atoms with Crippen molar-refractivity contribution in [3.8, 4) is 0 Å². The molecule has 10 nitrogen and oxygen atoms in total. The molecule has 2 N–H and O–H groups in total. The average molecular weight is 596 g/mol. The van der Waals surface area contributed by atoms with Crippen molar-refractivity contribution in [2.45, 2.75) is 12.4 Å². The molecule has 3 aromatic rings. The summed E-state index contributed by atoms with van der Waals surface area (Å²) in [6.07, 6.45) is -1.19. The number of ether oxygens (including phenoxy) is 2. The first-order chi connectivity index (χ1) is 16.8. The van der Waals surface area contributed by atoms with Crippen molar-refractivity contribution >= 4 is 40.0 Å². The van der Waals surface area contributed by atoms with Gasteiger partial charge in [0.15, 0.2) is 6.29 Å². The predicted octanol–water partition coefficient (Wildman–Crippen LogP) is 2.35. The van der Waals surface area contributed by atoms with Crippen molar-refractivity contribution in [1.82, 2.24) is 14.6 Å². The number of hydrogen-bond acceptors (Lipinski definition) is 7. The minimum atomic E-state index is -0.917. The molecule has 0 saturated carbocycles. The number of hydroxylamine groups is 1. The third-order valence-corrected chi connectivity index (χ3v) is 6.00. The van der Waals surface area contributed by atoms with Crippen molar-refractivity contribution in [2.24, 2.45) is 14.1 Å². The van der Waals surface area contributed by atoms with Gasteiger partial charge in [0, 0.05) is 23.2 Å². The molecule has 1 aromatic heterocycles. The summed E-state index contributed by atoms with van der Waals surface area (Å²) < 4.78 is 28.2. The van der Waals surface area contributed by atoms with E-state index in [1.165, 1.54) is 26.2 Å². The van der Waals surface area contributed by atoms with Crippen LogP contribution < -0.4 is 22.0 Å². The van der Waals surface area contributed by atoms with Crippen LogP contribution in [0.25, 0.3) is 0 Å². The van der Waals surface area contributed by atoms with Gasteiger partial charge in [-0.05, 0) is 40.8 Å². The van der Waals surface area contributed by atoms with E-state index in [2.05, 4.69) is 10.8 Å². The maximum absolute atomic E-state index is 14.4. The number of carbonyl (C=O) groups excluding carboxylic acids is 1. The van der Waals surface area contributed by atoms with Gasteiger partial charge in [-0.3, -0.25) is 23.6 Å². The number of nitrogens with zero attached hydrogens (tertiary/aromatic N) is 2. The molecular weight excluding hydrogens is 574 g/mol. The Morgan fingerprint density at radius 3 is 2.43 bits per heavy atom. The summed E-state index contributed by atoms with van der Waals surface area (Å²) in [4.78, 5) is 43.7. The monoisotopic (exact) mass is 596 g/mol. The molecule has 184 valence electrons. The van der Waals surface area contributed by atoms with Crippen LogP contribution in [0, 0.1) is 9.39 Å². The van der Waals surface area contributed by atoms with E-state index in [0.717, 1.165) is 14.7 Å². The SMILES string of the molecule is Cn1c(Nc2ccc(I)cc2F)c(C(=O)NOC2COC(c3ccccc3)OC2)c(=O)n(C)c1=O. The molecule has 1 amide bonds. The second-order valence-corrected chi connectivity index (χ2v) is 9.00. The predicted molar refractivity (Wildman–Crippen MR) is 133 cm³/mol. The Labute approximate surface area is 212 Å². The number of carbonyl (C=O) groups is 1. The summed E-state index contributed by atoms with van der Waals surface area (Å²) >= 11 is 1.95. The van der Waals surface area contributed by atoms with Gasteiger partial charge in [0.05, 0.1) is 18.9 Å². The molecular formula is C23H22FIN4O6. The van der Waals surface area contributed by atoms with E-state index in [-0.39, 0.29) is 24.7 Å². The molecule has 0 unspecified atom stereocenters. The second kappa shape index (κ2) is 10.7. The Kier molecular flexibility index (Phi) is 7.64. The molecule has 2 heterocycles. The Bertz CT molecular complexity index is 1350. The van der Waals surface area contributed by atoms with Crippen molar-refractivity contribution in [3.63, 3.8) is 0 Å². The number of benzene rings is 2. The molecule has 2 aromatic carbocycles. The maximum atomic E-state index is 14.4. The van der Waals surface area contributed by atoms with Crippen LogP contribution in [0.15, 0.2) is 58.1 Å². The third kappa shape index (κ3) is 5.45. The molecule has 0 bridgehead atoms. The lowest BCUT2D eigenvalue weighted by Crippen LogP contribution is -2.45. The van der Waals surface area contributed by atoms with Gasteiger partial charge < -0.3 is 14.8 Å². The van der Waals surface area contributed by atoms with Crippen LogP contribution in [0.1, 0.15) is 22.2 Å². The number of hydrogen-bond donors (Lipinski definition) is 2. The number of rotatable bonds is 6. The molecule has 12 heteroatoms. The minimum Gasteiger partial charge on any atom is -0.345 e. The number of halogens is 2. The van der Waals surface area contributed by atoms with E-state index in [1.807, 2.05) is 52.9 Å². The van der Waals surface area contributed by atoms with Gasteiger partial charge in [0.2, 0.25) is 0 Å². The van der Waals surface area contributed by atoms with Crippen LogP contribution in [0.3, 0.4) is 0 Å². The van der Waals surface area contributed by atoms with E-state index in [1.54, 1.807) is 6.07 Å². The molecule has 1 saturated heterocycles. The van der Waals surface area contributed by atoms with Crippen molar-refractivity contribution in [1.29, 1.82) is 0 Å². The molecule has 0 radical (unpaired) electrons. The highest BCUT2D eigenvalue weighted by atomic mass is 127. The quantitative estimate of drug-likeness (QED) is 0.332. The summed E-state index contributed by atoms with van der Waals surface area (Å²) in [5.74, 6) is -1.71. The van der Waals surface area contributed by atoms with Crippen LogP contribution in [-0.4, -0.2) is 34.4 Å². The lowest BCUT2D eigenvalue weighted by Gasteiger charge is -2.29. The van der Waals surface area contributed by atoms with Crippen LogP contribution in [-0.2, 0) is 28.4 Å². The smallest absolute Gasteiger partial charge is 0.332 e. The zero-order valence-corrected chi connectivity index (χ0v) is 20.9. The summed E-state index contributed by atoms with van der Waals surface area (Å²) in [5.41, 5.74) is 1.08. The fourth-order valence-corrected chi connectivity index (χ4v) is 3.91. The largest absolute Gasteiger partial charge is 0.345 e. The first-order valence-corrected chi connectivity index (χ1v) is 11.6. The second-order valence-electron chi connectivity index (χ2n) is 7.76. The molecule has 35 heavy (non-hydrogen) atoms. The van der Waals surface area contributed by atoms with Crippen LogP contribution >= 0.6 is 22.6 Å². The number of anilines is 2. The van der Waals surface area contributed by atoms with Crippen LogP contribution in [0.2, 0.25) is 0 Å². The van der Waals surface area contributed by atoms with E-state index in [9.17, 15) is 18.8 Å². The van der Waals surface area contributed by atoms with Crippen molar-refractivity contribution < 1.29 is 23.5 Å². The topological polar surface area (TPSA) is 113 Å². The molecule has 1 aliphatic heterocycles. The molecule has 0 spiro atoms. The number of amides is 1. The Morgan fingerprint density at radius 1 is 1.09 bits per heavy atom. The fourth-order valence-electron chi connectivity index (χ4n) is 3.46. The minimum absolute atomic E-state index is 0.00956. The summed E-state index contributed by atoms with van der Waals surface area (Å²) in [5, 5.41) is 2.69. The average Bonchev–Trinajstić information content (AvgIpc) is 2.87. The van der Waals surface area contributed by atoms with E-state index in [0.29, 0.717) is 3.57 Å². The van der Waals surface area contributed by atoms with Gasteiger partial charge in [0.25, 0.3) is 11.5 Å². The van der Waals surface area contributed by atoms with Crippen LogP contribution in [0.5, 0.6) is 0 Å². The normalized spacial score (nSPS) is 17.7. The lowest BCUT2D eigenvalue weighted by molar-refractivity contribution is -0.238. The Balaban J connectivity index is 1.51. The highest BCUT2D eigenvalue weighted by Gasteiger charge is 2.27. The van der Waals surface area contributed by atoms with Gasteiger partial charge in [0.1, 0.15) is 23.3 Å². The Morgan fingerprint density at radius 2 is 1.77 bits per heavy atom. The summed E-state index contributed by atoms with van der Waals surface area (Å²) in [6.45, 7) is 0.258. The lowest BCUT2D eigenvalue weighted by atomic mass is 10.2. The van der Waals surface area contributed by atoms with Gasteiger partial charge in [-0.1, -0.05) is 30.3 Å². The van der Waals surface area contributed by atoms with E-state index in [4.69, 9.17) is 14.3 Å². The zero-order valence-electron chi connectivity index (χ0n) is 18.8. The third-order valence-electron chi connectivity index (χ3n) is 5.33. The highest BCUT2D eigenvalue weighted by molar-refractivity contribution is 14.1. The fraction of sp³-hybridized carbons (Fsp3) is 0.261. The molecule has 0 aliphatic carbocycles.